The zero-order valence-electron chi connectivity index (χ0n) is 10.7. The molecule has 0 aliphatic heterocycles. The number of benzene rings is 2. The van der Waals surface area contributed by atoms with Crippen molar-refractivity contribution in [1.82, 2.24) is 5.43 Å². The van der Waals surface area contributed by atoms with Crippen molar-refractivity contribution >= 4 is 34.2 Å². The van der Waals surface area contributed by atoms with Gasteiger partial charge < -0.3 is 0 Å². The number of halogens is 2. The van der Waals surface area contributed by atoms with Gasteiger partial charge in [0.15, 0.2) is 0 Å². The lowest BCUT2D eigenvalue weighted by Crippen LogP contribution is -2.19. The van der Waals surface area contributed by atoms with Crippen LogP contribution in [0.25, 0.3) is 0 Å². The fourth-order valence-electron chi connectivity index (χ4n) is 1.58. The molecule has 0 unspecified atom stereocenters. The third-order valence-electron chi connectivity index (χ3n) is 2.67. The Bertz CT molecular complexity index is 653. The lowest BCUT2D eigenvalue weighted by atomic mass is 10.1. The largest absolute Gasteiger partial charge is 0.271 e. The molecule has 0 saturated carbocycles. The first-order chi connectivity index (χ1) is 9.56. The van der Waals surface area contributed by atoms with Crippen molar-refractivity contribution in [2.45, 2.75) is 6.92 Å². The number of nitrogens with one attached hydrogen (secondary N) is 1. The zero-order valence-corrected chi connectivity index (χ0v) is 12.9. The van der Waals surface area contributed by atoms with Crippen LogP contribution in [0, 0.1) is 9.39 Å². The Balaban J connectivity index is 2.08. The van der Waals surface area contributed by atoms with E-state index in [9.17, 15) is 9.18 Å². The minimum Gasteiger partial charge on any atom is -0.267 e. The number of carbonyl (C=O) groups excluding carboxylic acids is 1. The van der Waals surface area contributed by atoms with Gasteiger partial charge in [-0.2, -0.15) is 5.10 Å². The molecule has 0 aliphatic rings. The smallest absolute Gasteiger partial charge is 0.267 e. The lowest BCUT2D eigenvalue weighted by Gasteiger charge is -2.03. The molecule has 0 spiro atoms. The predicted molar refractivity (Wildman–Crippen MR) is 85.2 cm³/mol. The van der Waals surface area contributed by atoms with Gasteiger partial charge in [0, 0.05) is 9.13 Å². The Hall–Kier alpha value is -1.76. The van der Waals surface area contributed by atoms with Crippen LogP contribution in [0.1, 0.15) is 22.8 Å². The Morgan fingerprint density at radius 2 is 1.85 bits per heavy atom. The number of hydrazone groups is 1. The predicted octanol–water partition coefficient (Wildman–Crippen LogP) is 3.58. The van der Waals surface area contributed by atoms with Gasteiger partial charge in [-0.25, -0.2) is 9.82 Å². The van der Waals surface area contributed by atoms with Crippen LogP contribution >= 0.6 is 22.6 Å². The Kier molecular flexibility index (Phi) is 4.84. The fraction of sp³-hybridized carbons (Fsp3) is 0.0667. The van der Waals surface area contributed by atoms with Crippen LogP contribution in [0.15, 0.2) is 53.6 Å². The number of rotatable bonds is 3. The molecule has 3 nitrogen and oxygen atoms in total. The molecule has 0 radical (unpaired) electrons. The molecule has 0 atom stereocenters. The summed E-state index contributed by atoms with van der Waals surface area (Å²) in [5.74, 6) is -0.741. The molecule has 0 saturated heterocycles. The summed E-state index contributed by atoms with van der Waals surface area (Å²) in [7, 11) is 0. The molecular formula is C15H12FIN2O. The minimum atomic E-state index is -0.375. The fourth-order valence-corrected chi connectivity index (χ4v) is 2.12. The molecule has 0 heterocycles. The summed E-state index contributed by atoms with van der Waals surface area (Å²) in [6, 6.07) is 13.1. The maximum atomic E-state index is 12.8. The molecule has 102 valence electrons. The second kappa shape index (κ2) is 6.60. The average molecular weight is 382 g/mol. The summed E-state index contributed by atoms with van der Waals surface area (Å²) in [5, 5.41) is 4.05. The summed E-state index contributed by atoms with van der Waals surface area (Å²) in [6.07, 6.45) is 0. The van der Waals surface area contributed by atoms with E-state index >= 15 is 0 Å². The average Bonchev–Trinajstić information content (AvgIpc) is 2.45. The van der Waals surface area contributed by atoms with Gasteiger partial charge in [-0.05, 0) is 71.5 Å². The van der Waals surface area contributed by atoms with Gasteiger partial charge in [-0.1, -0.05) is 12.1 Å². The number of carbonyl (C=O) groups is 1. The molecule has 0 aliphatic carbocycles. The van der Waals surface area contributed by atoms with Crippen LogP contribution in [0.5, 0.6) is 0 Å². The van der Waals surface area contributed by atoms with E-state index in [1.54, 1.807) is 0 Å². The zero-order chi connectivity index (χ0) is 14.5. The molecule has 0 bridgehead atoms. The number of hydrogen-bond donors (Lipinski definition) is 1. The van der Waals surface area contributed by atoms with Gasteiger partial charge in [0.1, 0.15) is 5.82 Å². The van der Waals surface area contributed by atoms with Crippen LogP contribution in [0.4, 0.5) is 4.39 Å². The molecule has 2 aromatic rings. The van der Waals surface area contributed by atoms with Gasteiger partial charge in [-0.15, -0.1) is 0 Å². The van der Waals surface area contributed by atoms with Crippen molar-refractivity contribution in [3.63, 3.8) is 0 Å². The van der Waals surface area contributed by atoms with Crippen LogP contribution < -0.4 is 5.43 Å². The maximum Gasteiger partial charge on any atom is 0.271 e. The lowest BCUT2D eigenvalue weighted by molar-refractivity contribution is 0.0955. The van der Waals surface area contributed by atoms with Gasteiger partial charge in [0.2, 0.25) is 0 Å². The molecule has 2 aromatic carbocycles. The van der Waals surface area contributed by atoms with Crippen LogP contribution in [0.2, 0.25) is 0 Å². The van der Waals surface area contributed by atoms with Crippen LogP contribution in [-0.4, -0.2) is 11.6 Å². The first-order valence-corrected chi connectivity index (χ1v) is 7.00. The Morgan fingerprint density at radius 1 is 1.15 bits per heavy atom. The summed E-state index contributed by atoms with van der Waals surface area (Å²) < 4.78 is 13.9. The topological polar surface area (TPSA) is 41.5 Å². The third kappa shape index (κ3) is 3.86. The molecule has 5 heteroatoms. The molecule has 1 N–H and O–H groups in total. The van der Waals surface area contributed by atoms with E-state index in [0.29, 0.717) is 11.3 Å². The van der Waals surface area contributed by atoms with Gasteiger partial charge in [-0.3, -0.25) is 4.79 Å². The highest BCUT2D eigenvalue weighted by Crippen LogP contribution is 2.09. The van der Waals surface area contributed by atoms with E-state index in [-0.39, 0.29) is 11.7 Å². The number of hydrogen-bond acceptors (Lipinski definition) is 2. The third-order valence-corrected chi connectivity index (χ3v) is 3.34. The summed E-state index contributed by atoms with van der Waals surface area (Å²) in [4.78, 5) is 11.8. The van der Waals surface area contributed by atoms with Crippen molar-refractivity contribution in [2.24, 2.45) is 5.10 Å². The van der Waals surface area contributed by atoms with Crippen molar-refractivity contribution in [3.05, 3.63) is 69.0 Å². The summed E-state index contributed by atoms with van der Waals surface area (Å²) in [5.41, 5.74) is 4.47. The number of amides is 1. The highest BCUT2D eigenvalue weighted by molar-refractivity contribution is 14.1. The monoisotopic (exact) mass is 382 g/mol. The Labute approximate surface area is 130 Å². The van der Waals surface area contributed by atoms with Crippen LogP contribution in [0.3, 0.4) is 0 Å². The summed E-state index contributed by atoms with van der Waals surface area (Å²) in [6.45, 7) is 1.82. The first-order valence-electron chi connectivity index (χ1n) is 5.92. The molecule has 0 aromatic heterocycles. The van der Waals surface area contributed by atoms with Gasteiger partial charge in [0.25, 0.3) is 5.91 Å². The molecule has 1 amide bonds. The molecule has 2 rings (SSSR count). The second-order valence-electron chi connectivity index (χ2n) is 4.16. The summed E-state index contributed by atoms with van der Waals surface area (Å²) >= 11 is 2.22. The molecular weight excluding hydrogens is 370 g/mol. The standard InChI is InChI=1S/C15H12FIN2O/c1-10(12-3-2-4-14(17)9-12)18-19-15(20)11-5-7-13(16)8-6-11/h2-9H,1H3,(H,19,20)/b18-10-. The van der Waals surface area contributed by atoms with Crippen molar-refractivity contribution in [1.29, 1.82) is 0 Å². The van der Waals surface area contributed by atoms with Gasteiger partial charge in [0.05, 0.1) is 5.71 Å². The highest BCUT2D eigenvalue weighted by atomic mass is 127. The van der Waals surface area contributed by atoms with E-state index in [4.69, 9.17) is 0 Å². The Morgan fingerprint density at radius 3 is 2.50 bits per heavy atom. The van der Waals surface area contributed by atoms with Crippen molar-refractivity contribution in [2.75, 3.05) is 0 Å². The first kappa shape index (κ1) is 14.6. The van der Waals surface area contributed by atoms with E-state index in [2.05, 4.69) is 33.1 Å². The SMILES string of the molecule is C/C(=N/NC(=O)c1ccc(F)cc1)c1cccc(I)c1. The quantitative estimate of drug-likeness (QED) is 0.492. The van der Waals surface area contributed by atoms with E-state index < -0.39 is 0 Å². The number of nitrogens with zero attached hydrogens (tertiary/aromatic N) is 1. The minimum absolute atomic E-state index is 0.366. The normalized spacial score (nSPS) is 11.2. The van der Waals surface area contributed by atoms with Crippen LogP contribution in [-0.2, 0) is 0 Å². The van der Waals surface area contributed by atoms with E-state index in [1.807, 2.05) is 31.2 Å². The molecule has 20 heavy (non-hydrogen) atoms. The van der Waals surface area contributed by atoms with E-state index in [1.165, 1.54) is 24.3 Å². The molecule has 0 fully saturated rings. The second-order valence-corrected chi connectivity index (χ2v) is 5.40. The highest BCUT2D eigenvalue weighted by Gasteiger charge is 2.05. The van der Waals surface area contributed by atoms with E-state index in [0.717, 1.165) is 9.13 Å². The van der Waals surface area contributed by atoms with Crippen molar-refractivity contribution in [3.8, 4) is 0 Å². The van der Waals surface area contributed by atoms with Crippen molar-refractivity contribution < 1.29 is 9.18 Å². The maximum absolute atomic E-state index is 12.8. The van der Waals surface area contributed by atoms with Gasteiger partial charge >= 0.3 is 0 Å².